The van der Waals surface area contributed by atoms with Gasteiger partial charge in [-0.05, 0) is 70.7 Å². The molecule has 3 aromatic rings. The fraction of sp³-hybridized carbons (Fsp3) is 0.556. The number of carbonyl (C=O) groups is 1. The summed E-state index contributed by atoms with van der Waals surface area (Å²) in [6.45, 7) is 7.00. The van der Waals surface area contributed by atoms with Crippen LogP contribution in [0.1, 0.15) is 80.2 Å². The van der Waals surface area contributed by atoms with Gasteiger partial charge in [-0.1, -0.05) is 12.1 Å². The molecule has 1 aromatic carbocycles. The van der Waals surface area contributed by atoms with Crippen molar-refractivity contribution in [3.05, 3.63) is 57.1 Å². The monoisotopic (exact) mass is 496 g/mol. The Kier molecular flexibility index (Phi) is 7.18. The molecular formula is C27H33FN4O4. The second-order valence-corrected chi connectivity index (χ2v) is 9.94. The molecule has 5 rings (SSSR count). The molecule has 0 radical (unpaired) electrons. The van der Waals surface area contributed by atoms with Crippen LogP contribution in [0.4, 0.5) is 4.39 Å². The van der Waals surface area contributed by atoms with Crippen LogP contribution in [0.2, 0.25) is 0 Å². The van der Waals surface area contributed by atoms with Crippen LogP contribution in [-0.2, 0) is 22.5 Å². The van der Waals surface area contributed by atoms with Crippen LogP contribution in [0.3, 0.4) is 0 Å². The predicted octanol–water partition coefficient (Wildman–Crippen LogP) is 4.43. The van der Waals surface area contributed by atoms with Crippen LogP contribution in [0.15, 0.2) is 27.5 Å². The van der Waals surface area contributed by atoms with Gasteiger partial charge in [-0.2, -0.15) is 0 Å². The number of ether oxygens (including phenoxy) is 1. The largest absolute Gasteiger partial charge is 0.454 e. The maximum atomic E-state index is 13.5. The summed E-state index contributed by atoms with van der Waals surface area (Å²) < 4.78 is 26.2. The zero-order valence-electron chi connectivity index (χ0n) is 21.0. The number of carbonyl (C=O) groups excluding carboxylic acids is 1. The zero-order chi connectivity index (χ0) is 25.2. The summed E-state index contributed by atoms with van der Waals surface area (Å²) in [4.78, 5) is 32.5. The lowest BCUT2D eigenvalue weighted by molar-refractivity contribution is -0.151. The SMILES string of the molecule is CCCC(=O)OC1CCCn2c1nc(C)c(CCN1CCC(c3noc4cc(F)ccc34)CC1)c2=O. The minimum absolute atomic E-state index is 0.00933. The summed E-state index contributed by atoms with van der Waals surface area (Å²) in [5.74, 6) is 0.299. The minimum Gasteiger partial charge on any atom is -0.454 e. The fourth-order valence-corrected chi connectivity index (χ4v) is 5.49. The van der Waals surface area contributed by atoms with Gasteiger partial charge in [0.15, 0.2) is 17.5 Å². The number of benzene rings is 1. The highest BCUT2D eigenvalue weighted by Gasteiger charge is 2.29. The molecule has 192 valence electrons. The van der Waals surface area contributed by atoms with E-state index >= 15 is 0 Å². The third-order valence-electron chi connectivity index (χ3n) is 7.48. The summed E-state index contributed by atoms with van der Waals surface area (Å²) in [7, 11) is 0. The minimum atomic E-state index is -0.443. The number of esters is 1. The Balaban J connectivity index is 1.22. The molecule has 4 heterocycles. The van der Waals surface area contributed by atoms with Crippen molar-refractivity contribution in [1.82, 2.24) is 19.6 Å². The molecule has 1 unspecified atom stereocenters. The van der Waals surface area contributed by atoms with Crippen LogP contribution < -0.4 is 5.56 Å². The van der Waals surface area contributed by atoms with E-state index in [9.17, 15) is 14.0 Å². The summed E-state index contributed by atoms with van der Waals surface area (Å²) in [5, 5.41) is 5.12. The second-order valence-electron chi connectivity index (χ2n) is 9.94. The van der Waals surface area contributed by atoms with Crippen LogP contribution in [-0.4, -0.2) is 45.2 Å². The molecule has 0 N–H and O–H groups in total. The van der Waals surface area contributed by atoms with Crippen molar-refractivity contribution in [2.45, 2.75) is 77.4 Å². The van der Waals surface area contributed by atoms with Crippen LogP contribution >= 0.6 is 0 Å². The Hall–Kier alpha value is -3.07. The molecule has 2 aromatic heterocycles. The third kappa shape index (κ3) is 4.93. The highest BCUT2D eigenvalue weighted by molar-refractivity contribution is 5.79. The molecule has 0 bridgehead atoms. The van der Waals surface area contributed by atoms with Crippen molar-refractivity contribution in [1.29, 1.82) is 0 Å². The lowest BCUT2D eigenvalue weighted by atomic mass is 9.91. The number of hydrogen-bond donors (Lipinski definition) is 0. The Morgan fingerprint density at radius 3 is 2.81 bits per heavy atom. The van der Waals surface area contributed by atoms with E-state index in [1.807, 2.05) is 13.8 Å². The van der Waals surface area contributed by atoms with Crippen molar-refractivity contribution in [3.63, 3.8) is 0 Å². The van der Waals surface area contributed by atoms with Crippen molar-refractivity contribution >= 4 is 16.9 Å². The van der Waals surface area contributed by atoms with Gasteiger partial charge in [0.1, 0.15) is 5.82 Å². The van der Waals surface area contributed by atoms with Gasteiger partial charge in [0.2, 0.25) is 0 Å². The maximum Gasteiger partial charge on any atom is 0.306 e. The van der Waals surface area contributed by atoms with Gasteiger partial charge in [0, 0.05) is 48.1 Å². The average Bonchev–Trinajstić information content (AvgIpc) is 3.28. The number of hydrogen-bond acceptors (Lipinski definition) is 7. The van der Waals surface area contributed by atoms with Crippen molar-refractivity contribution in [2.75, 3.05) is 19.6 Å². The van der Waals surface area contributed by atoms with Gasteiger partial charge in [-0.25, -0.2) is 9.37 Å². The highest BCUT2D eigenvalue weighted by atomic mass is 19.1. The van der Waals surface area contributed by atoms with Gasteiger partial charge < -0.3 is 14.2 Å². The molecule has 1 saturated heterocycles. The maximum absolute atomic E-state index is 13.5. The first-order valence-electron chi connectivity index (χ1n) is 13.0. The first-order chi connectivity index (χ1) is 17.4. The van der Waals surface area contributed by atoms with E-state index in [0.717, 1.165) is 67.7 Å². The molecule has 36 heavy (non-hydrogen) atoms. The number of piperidine rings is 1. The number of fused-ring (bicyclic) bond motifs is 2. The summed E-state index contributed by atoms with van der Waals surface area (Å²) in [6.07, 6.45) is 4.66. The van der Waals surface area contributed by atoms with E-state index in [2.05, 4.69) is 10.1 Å². The van der Waals surface area contributed by atoms with E-state index in [1.165, 1.54) is 12.1 Å². The average molecular weight is 497 g/mol. The molecule has 1 atom stereocenters. The van der Waals surface area contributed by atoms with Crippen LogP contribution in [0.25, 0.3) is 11.0 Å². The highest BCUT2D eigenvalue weighted by Crippen LogP contribution is 2.33. The van der Waals surface area contributed by atoms with Gasteiger partial charge in [0.05, 0.1) is 5.69 Å². The Morgan fingerprint density at radius 2 is 2.03 bits per heavy atom. The van der Waals surface area contributed by atoms with Gasteiger partial charge in [-0.3, -0.25) is 14.2 Å². The molecule has 2 aliphatic heterocycles. The molecule has 0 amide bonds. The Morgan fingerprint density at radius 1 is 1.22 bits per heavy atom. The molecule has 9 heteroatoms. The van der Waals surface area contributed by atoms with E-state index in [1.54, 1.807) is 10.6 Å². The molecule has 8 nitrogen and oxygen atoms in total. The number of likely N-dealkylation sites (tertiary alicyclic amines) is 1. The molecule has 2 aliphatic rings. The fourth-order valence-electron chi connectivity index (χ4n) is 5.49. The Labute approximate surface area is 209 Å². The molecule has 1 fully saturated rings. The van der Waals surface area contributed by atoms with Crippen LogP contribution in [0.5, 0.6) is 0 Å². The van der Waals surface area contributed by atoms with Gasteiger partial charge in [-0.15, -0.1) is 0 Å². The number of aryl methyl sites for hydroxylation is 1. The van der Waals surface area contributed by atoms with Crippen LogP contribution in [0, 0.1) is 12.7 Å². The van der Waals surface area contributed by atoms with E-state index in [-0.39, 0.29) is 23.3 Å². The first kappa shape index (κ1) is 24.6. The third-order valence-corrected chi connectivity index (χ3v) is 7.48. The Bertz CT molecular complexity index is 1310. The second kappa shape index (κ2) is 10.5. The lowest BCUT2D eigenvalue weighted by Crippen LogP contribution is -2.38. The summed E-state index contributed by atoms with van der Waals surface area (Å²) in [5.41, 5.74) is 2.86. The van der Waals surface area contributed by atoms with E-state index < -0.39 is 6.10 Å². The molecule has 0 aliphatic carbocycles. The molecule has 0 spiro atoms. The van der Waals surface area contributed by atoms with E-state index in [0.29, 0.717) is 37.2 Å². The van der Waals surface area contributed by atoms with Gasteiger partial charge in [0.25, 0.3) is 5.56 Å². The quantitative estimate of drug-likeness (QED) is 0.447. The molecular weight excluding hydrogens is 463 g/mol. The number of nitrogens with zero attached hydrogens (tertiary/aromatic N) is 4. The van der Waals surface area contributed by atoms with Crippen molar-refractivity contribution in [2.24, 2.45) is 0 Å². The standard InChI is InChI=1S/C27H33FN4O4/c1-3-5-24(33)35-22-6-4-12-32-26(22)29-17(2)20(27(32)34)11-15-31-13-9-18(10-14-31)25-21-8-7-19(28)16-23(21)36-30-25/h7-8,16,18,22H,3-6,9-15H2,1-2H3. The molecule has 0 saturated carbocycles. The summed E-state index contributed by atoms with van der Waals surface area (Å²) in [6, 6.07) is 4.58. The van der Waals surface area contributed by atoms with Crippen molar-refractivity contribution in [3.8, 4) is 0 Å². The van der Waals surface area contributed by atoms with Crippen molar-refractivity contribution < 1.29 is 18.4 Å². The smallest absolute Gasteiger partial charge is 0.306 e. The number of aromatic nitrogens is 3. The summed E-state index contributed by atoms with van der Waals surface area (Å²) >= 11 is 0. The predicted molar refractivity (Wildman–Crippen MR) is 132 cm³/mol. The zero-order valence-corrected chi connectivity index (χ0v) is 21.0. The number of rotatable bonds is 7. The number of halogens is 1. The lowest BCUT2D eigenvalue weighted by Gasteiger charge is -2.31. The van der Waals surface area contributed by atoms with Gasteiger partial charge >= 0.3 is 5.97 Å². The van der Waals surface area contributed by atoms with E-state index in [4.69, 9.17) is 14.2 Å². The topological polar surface area (TPSA) is 90.5 Å². The normalized spacial score (nSPS) is 18.9. The first-order valence-corrected chi connectivity index (χ1v) is 13.0.